The van der Waals surface area contributed by atoms with Crippen molar-refractivity contribution in [3.8, 4) is 11.8 Å². The Hall–Kier alpha value is -1.38. The van der Waals surface area contributed by atoms with Crippen molar-refractivity contribution in [1.29, 1.82) is 0 Å². The van der Waals surface area contributed by atoms with Gasteiger partial charge in [-0.25, -0.2) is 0 Å². The van der Waals surface area contributed by atoms with Crippen LogP contribution in [0.15, 0.2) is 24.3 Å². The third kappa shape index (κ3) is 4.83. The van der Waals surface area contributed by atoms with Gasteiger partial charge in [0.15, 0.2) is 0 Å². The first-order valence-corrected chi connectivity index (χ1v) is 7.38. The van der Waals surface area contributed by atoms with E-state index in [1.807, 2.05) is 25.2 Å². The molecule has 21 heavy (non-hydrogen) atoms. The molecule has 114 valence electrons. The van der Waals surface area contributed by atoms with Gasteiger partial charge in [-0.1, -0.05) is 30.0 Å². The van der Waals surface area contributed by atoms with Gasteiger partial charge in [0.25, 0.3) is 0 Å². The van der Waals surface area contributed by atoms with Crippen LogP contribution in [0.1, 0.15) is 24.0 Å². The Bertz CT molecular complexity index is 513. The first-order chi connectivity index (χ1) is 10.1. The second kappa shape index (κ2) is 7.58. The van der Waals surface area contributed by atoms with Crippen molar-refractivity contribution in [3.05, 3.63) is 35.4 Å². The predicted molar refractivity (Wildman–Crippen MR) is 83.7 cm³/mol. The van der Waals surface area contributed by atoms with Gasteiger partial charge in [-0.05, 0) is 18.7 Å². The number of nitrogens with two attached hydrogens (primary N) is 1. The normalized spacial score (nSPS) is 17.3. The molecule has 1 aliphatic rings. The van der Waals surface area contributed by atoms with Crippen molar-refractivity contribution in [1.82, 2.24) is 4.90 Å². The van der Waals surface area contributed by atoms with Crippen molar-refractivity contribution in [2.24, 2.45) is 5.73 Å². The van der Waals surface area contributed by atoms with Gasteiger partial charge in [0.2, 0.25) is 0 Å². The van der Waals surface area contributed by atoms with Crippen LogP contribution in [0.2, 0.25) is 0 Å². The maximum Gasteiger partial charge on any atom is 0.0817 e. The van der Waals surface area contributed by atoms with Gasteiger partial charge in [0, 0.05) is 44.7 Å². The highest BCUT2D eigenvalue weighted by Crippen LogP contribution is 2.22. The van der Waals surface area contributed by atoms with Gasteiger partial charge in [-0.2, -0.15) is 0 Å². The first kappa shape index (κ1) is 16.0. The maximum atomic E-state index is 10.6. The molecule has 0 aliphatic carbocycles. The maximum absolute atomic E-state index is 10.6. The summed E-state index contributed by atoms with van der Waals surface area (Å²) in [7, 11) is 2.03. The Kier molecular flexibility index (Phi) is 5.77. The monoisotopic (exact) mass is 288 g/mol. The minimum Gasteiger partial charge on any atom is -0.388 e. The zero-order chi connectivity index (χ0) is 15.1. The number of benzene rings is 1. The zero-order valence-electron chi connectivity index (χ0n) is 12.6. The molecule has 1 fully saturated rings. The fourth-order valence-corrected chi connectivity index (χ4v) is 2.68. The van der Waals surface area contributed by atoms with Crippen LogP contribution in [-0.2, 0) is 11.3 Å². The summed E-state index contributed by atoms with van der Waals surface area (Å²) in [6.07, 6.45) is 1.40. The summed E-state index contributed by atoms with van der Waals surface area (Å²) >= 11 is 0. The molecule has 0 aromatic heterocycles. The Morgan fingerprint density at radius 3 is 2.76 bits per heavy atom. The van der Waals surface area contributed by atoms with Crippen LogP contribution < -0.4 is 5.73 Å². The fraction of sp³-hybridized carbons (Fsp3) is 0.529. The van der Waals surface area contributed by atoms with E-state index < -0.39 is 5.60 Å². The summed E-state index contributed by atoms with van der Waals surface area (Å²) in [5.41, 5.74) is 6.98. The van der Waals surface area contributed by atoms with Crippen LogP contribution in [0, 0.1) is 11.8 Å². The van der Waals surface area contributed by atoms with Crippen LogP contribution in [0.3, 0.4) is 0 Å². The fourth-order valence-electron chi connectivity index (χ4n) is 2.68. The van der Waals surface area contributed by atoms with E-state index in [1.165, 1.54) is 0 Å². The van der Waals surface area contributed by atoms with Gasteiger partial charge in [-0.15, -0.1) is 0 Å². The lowest BCUT2D eigenvalue weighted by atomic mass is 9.93. The van der Waals surface area contributed by atoms with Crippen LogP contribution in [-0.4, -0.2) is 49.0 Å². The molecule has 1 aromatic carbocycles. The van der Waals surface area contributed by atoms with E-state index in [1.54, 1.807) is 0 Å². The minimum absolute atomic E-state index is 0.365. The van der Waals surface area contributed by atoms with E-state index in [-0.39, 0.29) is 0 Å². The largest absolute Gasteiger partial charge is 0.388 e. The molecule has 3 N–H and O–H groups in total. The quantitative estimate of drug-likeness (QED) is 0.811. The Morgan fingerprint density at radius 2 is 2.05 bits per heavy atom. The molecule has 4 heteroatoms. The first-order valence-electron chi connectivity index (χ1n) is 7.38. The molecule has 1 heterocycles. The second-order valence-electron chi connectivity index (χ2n) is 5.67. The third-order valence-corrected chi connectivity index (χ3v) is 3.77. The average Bonchev–Trinajstić information content (AvgIpc) is 2.46. The van der Waals surface area contributed by atoms with E-state index >= 15 is 0 Å². The Labute approximate surface area is 126 Å². The van der Waals surface area contributed by atoms with Gasteiger partial charge in [-0.3, -0.25) is 4.90 Å². The Morgan fingerprint density at radius 1 is 1.33 bits per heavy atom. The number of aliphatic hydroxyl groups is 1. The summed E-state index contributed by atoms with van der Waals surface area (Å²) in [4.78, 5) is 2.15. The smallest absolute Gasteiger partial charge is 0.0817 e. The van der Waals surface area contributed by atoms with Crippen molar-refractivity contribution >= 4 is 0 Å². The summed E-state index contributed by atoms with van der Waals surface area (Å²) in [5, 5.41) is 10.6. The molecule has 0 saturated carbocycles. The lowest BCUT2D eigenvalue weighted by molar-refractivity contribution is -0.0777. The predicted octanol–water partition coefficient (Wildman–Crippen LogP) is 0.970. The molecule has 0 radical (unpaired) electrons. The second-order valence-corrected chi connectivity index (χ2v) is 5.67. The summed E-state index contributed by atoms with van der Waals surface area (Å²) in [6.45, 7) is 3.06. The number of hydrogen-bond acceptors (Lipinski definition) is 4. The summed E-state index contributed by atoms with van der Waals surface area (Å²) in [5.74, 6) is 6.01. The van der Waals surface area contributed by atoms with Gasteiger partial charge < -0.3 is 15.6 Å². The molecule has 0 bridgehead atoms. The van der Waals surface area contributed by atoms with E-state index in [0.717, 1.165) is 17.7 Å². The van der Waals surface area contributed by atoms with E-state index in [0.29, 0.717) is 39.1 Å². The van der Waals surface area contributed by atoms with Crippen molar-refractivity contribution in [3.63, 3.8) is 0 Å². The zero-order valence-corrected chi connectivity index (χ0v) is 12.6. The van der Waals surface area contributed by atoms with Crippen LogP contribution in [0.25, 0.3) is 0 Å². The van der Waals surface area contributed by atoms with Gasteiger partial charge >= 0.3 is 0 Å². The molecular formula is C17H24N2O2. The number of rotatable bonds is 4. The third-order valence-electron chi connectivity index (χ3n) is 3.77. The number of nitrogens with zero attached hydrogens (tertiary/aromatic N) is 1. The SMILES string of the molecule is CN(Cc1ccccc1C#CCN)CC1(O)CCOCC1. The highest BCUT2D eigenvalue weighted by molar-refractivity contribution is 5.41. The highest BCUT2D eigenvalue weighted by atomic mass is 16.5. The lowest BCUT2D eigenvalue weighted by Crippen LogP contribution is -2.45. The molecule has 1 saturated heterocycles. The van der Waals surface area contributed by atoms with Crippen molar-refractivity contribution in [2.75, 3.05) is 33.4 Å². The van der Waals surface area contributed by atoms with E-state index in [9.17, 15) is 5.11 Å². The number of hydrogen-bond donors (Lipinski definition) is 2. The summed E-state index contributed by atoms with van der Waals surface area (Å²) < 4.78 is 5.32. The molecule has 0 amide bonds. The summed E-state index contributed by atoms with van der Waals surface area (Å²) in [6, 6.07) is 8.08. The van der Waals surface area contributed by atoms with Crippen LogP contribution in [0.4, 0.5) is 0 Å². The van der Waals surface area contributed by atoms with Crippen LogP contribution in [0.5, 0.6) is 0 Å². The molecule has 0 spiro atoms. The number of ether oxygens (including phenoxy) is 1. The topological polar surface area (TPSA) is 58.7 Å². The number of likely N-dealkylation sites (N-methyl/N-ethyl adjacent to an activating group) is 1. The molecule has 0 unspecified atom stereocenters. The van der Waals surface area contributed by atoms with Gasteiger partial charge in [0.1, 0.15) is 0 Å². The Balaban J connectivity index is 2.00. The van der Waals surface area contributed by atoms with Crippen molar-refractivity contribution < 1.29 is 9.84 Å². The van der Waals surface area contributed by atoms with E-state index in [2.05, 4.69) is 22.8 Å². The molecule has 0 atom stereocenters. The van der Waals surface area contributed by atoms with Crippen LogP contribution >= 0.6 is 0 Å². The lowest BCUT2D eigenvalue weighted by Gasteiger charge is -2.35. The molecule has 1 aromatic rings. The highest BCUT2D eigenvalue weighted by Gasteiger charge is 2.30. The average molecular weight is 288 g/mol. The molecule has 4 nitrogen and oxygen atoms in total. The minimum atomic E-state index is -0.634. The molecule has 2 rings (SSSR count). The standard InChI is InChI=1S/C17H24N2O2/c1-19(14-17(20)8-11-21-12-9-17)13-16-6-3-2-5-15(16)7-4-10-18/h2-3,5-6,20H,8-14,18H2,1H3. The van der Waals surface area contributed by atoms with Gasteiger partial charge in [0.05, 0.1) is 12.1 Å². The molecule has 1 aliphatic heterocycles. The van der Waals surface area contributed by atoms with Crippen molar-refractivity contribution in [2.45, 2.75) is 25.0 Å². The molecular weight excluding hydrogens is 264 g/mol. The van der Waals surface area contributed by atoms with E-state index in [4.69, 9.17) is 10.5 Å².